The Morgan fingerprint density at radius 3 is 2.78 bits per heavy atom. The predicted octanol–water partition coefficient (Wildman–Crippen LogP) is 4.01. The van der Waals surface area contributed by atoms with Crippen LogP contribution in [0.1, 0.15) is 36.2 Å². The fraction of sp³-hybridized carbons (Fsp3) is 0.350. The normalized spacial score (nSPS) is 24.1. The maximum absolute atomic E-state index is 13.1. The van der Waals surface area contributed by atoms with Gasteiger partial charge in [-0.2, -0.15) is 0 Å². The van der Waals surface area contributed by atoms with E-state index in [-0.39, 0.29) is 24.1 Å². The second-order valence-corrected chi connectivity index (χ2v) is 8.00. The summed E-state index contributed by atoms with van der Waals surface area (Å²) in [7, 11) is 0. The van der Waals surface area contributed by atoms with Crippen LogP contribution in [0.25, 0.3) is 10.6 Å². The van der Waals surface area contributed by atoms with Crippen LogP contribution in [0.4, 0.5) is 0 Å². The molecule has 0 radical (unpaired) electrons. The molecule has 27 heavy (non-hydrogen) atoms. The van der Waals surface area contributed by atoms with Crippen molar-refractivity contribution in [2.45, 2.75) is 43.9 Å². The minimum atomic E-state index is -0.0334. The number of hydrogen-bond acceptors (Lipinski definition) is 6. The molecule has 0 N–H and O–H groups in total. The highest BCUT2D eigenvalue weighted by molar-refractivity contribution is 7.13. The maximum Gasteiger partial charge on any atom is 0.276 e. The lowest BCUT2D eigenvalue weighted by Gasteiger charge is -2.38. The fourth-order valence-electron chi connectivity index (χ4n) is 4.21. The van der Waals surface area contributed by atoms with E-state index in [0.29, 0.717) is 11.5 Å². The largest absolute Gasteiger partial charge is 0.489 e. The Bertz CT molecular complexity index is 911. The summed E-state index contributed by atoms with van der Waals surface area (Å²) < 4.78 is 11.5. The van der Waals surface area contributed by atoms with Crippen molar-refractivity contribution < 1.29 is 14.1 Å². The lowest BCUT2D eigenvalue weighted by atomic mass is 9.99. The third kappa shape index (κ3) is 3.12. The molecule has 5 heterocycles. The van der Waals surface area contributed by atoms with Gasteiger partial charge in [0.15, 0.2) is 11.5 Å². The van der Waals surface area contributed by atoms with Crippen molar-refractivity contribution in [3.63, 3.8) is 0 Å². The van der Waals surface area contributed by atoms with Gasteiger partial charge in [0.25, 0.3) is 5.91 Å². The summed E-state index contributed by atoms with van der Waals surface area (Å²) in [6, 6.07) is 9.86. The number of aromatic nitrogens is 2. The van der Waals surface area contributed by atoms with Crippen molar-refractivity contribution in [1.82, 2.24) is 15.0 Å². The van der Waals surface area contributed by atoms with Gasteiger partial charge >= 0.3 is 0 Å². The molecule has 3 aromatic heterocycles. The van der Waals surface area contributed by atoms with E-state index < -0.39 is 0 Å². The number of nitrogens with zero attached hydrogens (tertiary/aromatic N) is 3. The standard InChI is InChI=1S/C20H19N3O3S/c24-20(17-11-18(26-22-17)19-4-2-8-27-19)23-13-5-6-14(23)10-16(9-13)25-15-3-1-7-21-12-15/h1-4,7-8,11-14,16H,5-6,9-10H2. The number of amides is 1. The first-order chi connectivity index (χ1) is 13.3. The Morgan fingerprint density at radius 1 is 1.22 bits per heavy atom. The Hall–Kier alpha value is -2.67. The van der Waals surface area contributed by atoms with E-state index in [1.807, 2.05) is 34.5 Å². The number of hydrogen-bond donors (Lipinski definition) is 0. The van der Waals surface area contributed by atoms with Crippen LogP contribution in [0.3, 0.4) is 0 Å². The van der Waals surface area contributed by atoms with Gasteiger partial charge in [-0.1, -0.05) is 11.2 Å². The molecule has 0 spiro atoms. The summed E-state index contributed by atoms with van der Waals surface area (Å²) in [5.74, 6) is 1.41. The number of piperidine rings is 1. The van der Waals surface area contributed by atoms with E-state index in [0.717, 1.165) is 36.3 Å². The molecule has 138 valence electrons. The molecule has 7 heteroatoms. The number of fused-ring (bicyclic) bond motifs is 2. The molecule has 0 aromatic carbocycles. The third-order valence-electron chi connectivity index (χ3n) is 5.35. The summed E-state index contributed by atoms with van der Waals surface area (Å²) >= 11 is 1.57. The van der Waals surface area contributed by atoms with Gasteiger partial charge in [0.1, 0.15) is 11.9 Å². The summed E-state index contributed by atoms with van der Waals surface area (Å²) in [6.07, 6.45) is 7.30. The quantitative estimate of drug-likeness (QED) is 0.683. The number of carbonyl (C=O) groups is 1. The topological polar surface area (TPSA) is 68.5 Å². The average Bonchev–Trinajstić information content (AvgIpc) is 3.42. The van der Waals surface area contributed by atoms with Gasteiger partial charge in [-0.3, -0.25) is 9.78 Å². The zero-order valence-electron chi connectivity index (χ0n) is 14.7. The number of ether oxygens (including phenoxy) is 1. The van der Waals surface area contributed by atoms with Crippen LogP contribution < -0.4 is 4.74 Å². The molecular formula is C20H19N3O3S. The van der Waals surface area contributed by atoms with Crippen LogP contribution >= 0.6 is 11.3 Å². The van der Waals surface area contributed by atoms with Crippen LogP contribution in [0.15, 0.2) is 52.6 Å². The van der Waals surface area contributed by atoms with Crippen molar-refractivity contribution >= 4 is 17.2 Å². The first-order valence-electron chi connectivity index (χ1n) is 9.18. The summed E-state index contributed by atoms with van der Waals surface area (Å²) in [4.78, 5) is 20.1. The highest BCUT2D eigenvalue weighted by Gasteiger charge is 2.45. The zero-order valence-corrected chi connectivity index (χ0v) is 15.5. The predicted molar refractivity (Wildman–Crippen MR) is 101 cm³/mol. The lowest BCUT2D eigenvalue weighted by molar-refractivity contribution is 0.0350. The maximum atomic E-state index is 13.1. The molecule has 2 fully saturated rings. The van der Waals surface area contributed by atoms with E-state index in [9.17, 15) is 4.79 Å². The number of pyridine rings is 1. The highest BCUT2D eigenvalue weighted by atomic mass is 32.1. The third-order valence-corrected chi connectivity index (χ3v) is 6.24. The van der Waals surface area contributed by atoms with E-state index in [4.69, 9.17) is 9.26 Å². The first-order valence-corrected chi connectivity index (χ1v) is 10.1. The smallest absolute Gasteiger partial charge is 0.276 e. The SMILES string of the molecule is O=C(c1cc(-c2cccs2)on1)N1C2CCC1CC(Oc1cccnc1)C2. The monoisotopic (exact) mass is 381 g/mol. The van der Waals surface area contributed by atoms with Crippen molar-refractivity contribution in [2.24, 2.45) is 0 Å². The van der Waals surface area contributed by atoms with Gasteiger partial charge in [-0.15, -0.1) is 11.3 Å². The number of rotatable bonds is 4. The molecule has 1 amide bonds. The number of carbonyl (C=O) groups excluding carboxylic acids is 1. The van der Waals surface area contributed by atoms with Crippen LogP contribution in [-0.2, 0) is 0 Å². The summed E-state index contributed by atoms with van der Waals surface area (Å²) in [5.41, 5.74) is 0.391. The molecule has 2 unspecified atom stereocenters. The molecule has 2 saturated heterocycles. The molecular weight excluding hydrogens is 362 g/mol. The second kappa shape index (κ2) is 6.81. The Balaban J connectivity index is 1.30. The van der Waals surface area contributed by atoms with Crippen LogP contribution in [0.2, 0.25) is 0 Å². The van der Waals surface area contributed by atoms with Gasteiger partial charge in [0, 0.05) is 37.2 Å². The molecule has 3 aromatic rings. The highest BCUT2D eigenvalue weighted by Crippen LogP contribution is 2.38. The lowest BCUT2D eigenvalue weighted by Crippen LogP contribution is -2.49. The molecule has 0 aliphatic carbocycles. The molecule has 2 aliphatic heterocycles. The average molecular weight is 381 g/mol. The molecule has 2 atom stereocenters. The summed E-state index contributed by atoms with van der Waals surface area (Å²) in [6.45, 7) is 0. The minimum Gasteiger partial charge on any atom is -0.489 e. The van der Waals surface area contributed by atoms with Crippen LogP contribution in [0, 0.1) is 0 Å². The van der Waals surface area contributed by atoms with Gasteiger partial charge < -0.3 is 14.2 Å². The van der Waals surface area contributed by atoms with E-state index >= 15 is 0 Å². The van der Waals surface area contributed by atoms with Gasteiger partial charge in [-0.25, -0.2) is 0 Å². The van der Waals surface area contributed by atoms with Crippen molar-refractivity contribution in [3.05, 3.63) is 53.8 Å². The fourth-order valence-corrected chi connectivity index (χ4v) is 4.88. The molecule has 0 saturated carbocycles. The Morgan fingerprint density at radius 2 is 2.07 bits per heavy atom. The molecule has 2 aliphatic rings. The van der Waals surface area contributed by atoms with E-state index in [1.165, 1.54) is 0 Å². The number of thiophene rings is 1. The second-order valence-electron chi connectivity index (χ2n) is 7.05. The zero-order chi connectivity index (χ0) is 18.2. The van der Waals surface area contributed by atoms with Gasteiger partial charge in [0.2, 0.25) is 0 Å². The molecule has 6 nitrogen and oxygen atoms in total. The first kappa shape index (κ1) is 16.5. The molecule has 2 bridgehead atoms. The molecule has 5 rings (SSSR count). The van der Waals surface area contributed by atoms with E-state index in [2.05, 4.69) is 10.1 Å². The Kier molecular flexibility index (Phi) is 4.16. The van der Waals surface area contributed by atoms with Crippen molar-refractivity contribution in [1.29, 1.82) is 0 Å². The van der Waals surface area contributed by atoms with Crippen LogP contribution in [0.5, 0.6) is 5.75 Å². The van der Waals surface area contributed by atoms with Gasteiger partial charge in [0.05, 0.1) is 11.1 Å². The van der Waals surface area contributed by atoms with E-state index in [1.54, 1.807) is 29.8 Å². The van der Waals surface area contributed by atoms with Crippen LogP contribution in [-0.4, -0.2) is 39.1 Å². The van der Waals surface area contributed by atoms with Gasteiger partial charge in [-0.05, 0) is 36.4 Å². The minimum absolute atomic E-state index is 0.0334. The van der Waals surface area contributed by atoms with Crippen molar-refractivity contribution in [2.75, 3.05) is 0 Å². The Labute approximate surface area is 160 Å². The summed E-state index contributed by atoms with van der Waals surface area (Å²) in [5, 5.41) is 6.01. The van der Waals surface area contributed by atoms with Crippen molar-refractivity contribution in [3.8, 4) is 16.4 Å².